The lowest BCUT2D eigenvalue weighted by molar-refractivity contribution is -0.150. The van der Waals surface area contributed by atoms with E-state index in [9.17, 15) is 19.2 Å². The van der Waals surface area contributed by atoms with Gasteiger partial charge in [0, 0.05) is 14.1 Å². The van der Waals surface area contributed by atoms with Gasteiger partial charge in [-0.05, 0) is 0 Å². The van der Waals surface area contributed by atoms with Crippen LogP contribution >= 0.6 is 0 Å². The number of imide groups is 1. The summed E-state index contributed by atoms with van der Waals surface area (Å²) in [5.41, 5.74) is -1.83. The molecular weight excluding hydrogens is 232 g/mol. The molecular formula is C9H12N2O6. The number of carbonyl (C=O) groups excluding carboxylic acids is 2. The van der Waals surface area contributed by atoms with Gasteiger partial charge in [-0.2, -0.15) is 0 Å². The van der Waals surface area contributed by atoms with Crippen molar-refractivity contribution >= 4 is 23.9 Å². The van der Waals surface area contributed by atoms with Crippen molar-refractivity contribution in [3.8, 4) is 0 Å². The Morgan fingerprint density at radius 3 is 1.76 bits per heavy atom. The number of rotatable bonds is 4. The van der Waals surface area contributed by atoms with Crippen molar-refractivity contribution in [3.05, 3.63) is 0 Å². The predicted molar refractivity (Wildman–Crippen MR) is 53.2 cm³/mol. The summed E-state index contributed by atoms with van der Waals surface area (Å²) >= 11 is 0. The zero-order chi connectivity index (χ0) is 13.4. The second kappa shape index (κ2) is 4.04. The van der Waals surface area contributed by atoms with Crippen LogP contribution in [0.3, 0.4) is 0 Å². The van der Waals surface area contributed by atoms with Crippen molar-refractivity contribution in [2.75, 3.05) is 14.1 Å². The lowest BCUT2D eigenvalue weighted by atomic mass is 9.90. The molecule has 1 rings (SSSR count). The van der Waals surface area contributed by atoms with Crippen molar-refractivity contribution in [2.45, 2.75) is 18.4 Å². The van der Waals surface area contributed by atoms with Crippen LogP contribution in [0.1, 0.15) is 12.8 Å². The van der Waals surface area contributed by atoms with E-state index in [-0.39, 0.29) is 0 Å². The molecule has 1 fully saturated rings. The molecule has 1 aliphatic heterocycles. The molecule has 1 heterocycles. The van der Waals surface area contributed by atoms with E-state index in [2.05, 4.69) is 0 Å². The van der Waals surface area contributed by atoms with Crippen molar-refractivity contribution in [1.29, 1.82) is 0 Å². The van der Waals surface area contributed by atoms with Crippen LogP contribution in [0.25, 0.3) is 0 Å². The number of hydrogen-bond donors (Lipinski definition) is 2. The van der Waals surface area contributed by atoms with Gasteiger partial charge in [0.05, 0.1) is 12.8 Å². The SMILES string of the molecule is CN1C(=O)N(C)C(CC(=O)O)(CC(=O)O)C1=O. The Labute approximate surface area is 96.4 Å². The Morgan fingerprint density at radius 2 is 1.53 bits per heavy atom. The third-order valence-corrected chi connectivity index (χ3v) is 2.81. The fraction of sp³-hybridized carbons (Fsp3) is 0.556. The second-order valence-electron chi connectivity index (χ2n) is 3.88. The van der Waals surface area contributed by atoms with Crippen LogP contribution < -0.4 is 0 Å². The molecule has 1 saturated heterocycles. The number of amides is 3. The van der Waals surface area contributed by atoms with Gasteiger partial charge in [0.1, 0.15) is 5.54 Å². The van der Waals surface area contributed by atoms with Gasteiger partial charge in [-0.3, -0.25) is 19.3 Å². The number of hydrogen-bond acceptors (Lipinski definition) is 4. The first-order chi connectivity index (χ1) is 7.72. The topological polar surface area (TPSA) is 115 Å². The second-order valence-corrected chi connectivity index (χ2v) is 3.88. The summed E-state index contributed by atoms with van der Waals surface area (Å²) < 4.78 is 0. The molecule has 0 unspecified atom stereocenters. The fourth-order valence-corrected chi connectivity index (χ4v) is 1.90. The van der Waals surface area contributed by atoms with Crippen LogP contribution in [0.15, 0.2) is 0 Å². The largest absolute Gasteiger partial charge is 0.481 e. The van der Waals surface area contributed by atoms with Gasteiger partial charge < -0.3 is 15.1 Å². The molecule has 0 spiro atoms. The van der Waals surface area contributed by atoms with E-state index in [4.69, 9.17) is 10.2 Å². The van der Waals surface area contributed by atoms with Crippen LogP contribution in [0.4, 0.5) is 4.79 Å². The van der Waals surface area contributed by atoms with Crippen molar-refractivity contribution in [2.24, 2.45) is 0 Å². The highest BCUT2D eigenvalue weighted by Crippen LogP contribution is 2.32. The van der Waals surface area contributed by atoms with E-state index in [0.29, 0.717) is 0 Å². The molecule has 8 nitrogen and oxygen atoms in total. The molecule has 0 bridgehead atoms. The Balaban J connectivity index is 3.22. The van der Waals surface area contributed by atoms with E-state index < -0.39 is 42.3 Å². The van der Waals surface area contributed by atoms with Crippen LogP contribution in [0.2, 0.25) is 0 Å². The van der Waals surface area contributed by atoms with Gasteiger partial charge in [0.25, 0.3) is 5.91 Å². The first kappa shape index (κ1) is 12.9. The molecule has 8 heteroatoms. The van der Waals surface area contributed by atoms with E-state index in [1.54, 1.807) is 0 Å². The van der Waals surface area contributed by atoms with Crippen LogP contribution in [0, 0.1) is 0 Å². The number of urea groups is 1. The van der Waals surface area contributed by atoms with Crippen LogP contribution in [-0.4, -0.2) is 63.5 Å². The first-order valence-electron chi connectivity index (χ1n) is 4.72. The maximum Gasteiger partial charge on any atom is 0.327 e. The van der Waals surface area contributed by atoms with Gasteiger partial charge >= 0.3 is 18.0 Å². The van der Waals surface area contributed by atoms with Gasteiger partial charge in [-0.25, -0.2) is 4.79 Å². The number of likely N-dealkylation sites (N-methyl/N-ethyl adjacent to an activating group) is 2. The van der Waals surface area contributed by atoms with Crippen molar-refractivity contribution < 1.29 is 29.4 Å². The van der Waals surface area contributed by atoms with Crippen molar-refractivity contribution in [3.63, 3.8) is 0 Å². The lowest BCUT2D eigenvalue weighted by Crippen LogP contribution is -2.50. The zero-order valence-corrected chi connectivity index (χ0v) is 9.34. The average molecular weight is 244 g/mol. The molecule has 1 aliphatic rings. The molecule has 0 saturated carbocycles. The Kier molecular flexibility index (Phi) is 3.08. The third kappa shape index (κ3) is 1.93. The minimum atomic E-state index is -1.83. The molecule has 0 aromatic carbocycles. The zero-order valence-electron chi connectivity index (χ0n) is 9.34. The number of nitrogens with zero attached hydrogens (tertiary/aromatic N) is 2. The normalized spacial score (nSPS) is 18.7. The van der Waals surface area contributed by atoms with E-state index in [1.165, 1.54) is 14.1 Å². The number of carboxylic acid groups (broad SMARTS) is 2. The molecule has 17 heavy (non-hydrogen) atoms. The first-order valence-corrected chi connectivity index (χ1v) is 4.72. The van der Waals surface area contributed by atoms with E-state index >= 15 is 0 Å². The number of carbonyl (C=O) groups is 4. The molecule has 0 atom stereocenters. The molecule has 0 aromatic heterocycles. The molecule has 2 N–H and O–H groups in total. The Bertz CT molecular complexity index is 388. The Morgan fingerprint density at radius 1 is 1.12 bits per heavy atom. The molecule has 3 amide bonds. The summed E-state index contributed by atoms with van der Waals surface area (Å²) in [7, 11) is 2.40. The summed E-state index contributed by atoms with van der Waals surface area (Å²) in [6.45, 7) is 0. The maximum atomic E-state index is 11.9. The van der Waals surface area contributed by atoms with Crippen LogP contribution in [-0.2, 0) is 14.4 Å². The minimum absolute atomic E-state index is 0.711. The molecule has 0 aliphatic carbocycles. The quantitative estimate of drug-likeness (QED) is 0.625. The number of aliphatic carboxylic acids is 2. The van der Waals surface area contributed by atoms with Crippen molar-refractivity contribution in [1.82, 2.24) is 9.80 Å². The monoisotopic (exact) mass is 244 g/mol. The highest BCUT2D eigenvalue weighted by atomic mass is 16.4. The summed E-state index contributed by atoms with van der Waals surface area (Å²) in [6, 6.07) is -0.711. The molecule has 0 aromatic rings. The fourth-order valence-electron chi connectivity index (χ4n) is 1.90. The summed E-state index contributed by atoms with van der Waals surface area (Å²) in [4.78, 5) is 46.5. The average Bonchev–Trinajstić information content (AvgIpc) is 2.33. The highest BCUT2D eigenvalue weighted by molar-refractivity contribution is 6.09. The van der Waals surface area contributed by atoms with Gasteiger partial charge in [0.15, 0.2) is 0 Å². The van der Waals surface area contributed by atoms with E-state index in [1.807, 2.05) is 0 Å². The molecule has 94 valence electrons. The Hall–Kier alpha value is -2.12. The van der Waals surface area contributed by atoms with Gasteiger partial charge in [0.2, 0.25) is 0 Å². The summed E-state index contributed by atoms with van der Waals surface area (Å²) in [5, 5.41) is 17.5. The predicted octanol–water partition coefficient (Wildman–Crippen LogP) is -0.802. The standard InChI is InChI=1S/C9H12N2O6/c1-10-7(16)9(3-5(12)13,4-6(14)15)11(2)8(10)17/h3-4H2,1-2H3,(H,12,13)(H,14,15). The maximum absolute atomic E-state index is 11.9. The lowest BCUT2D eigenvalue weighted by Gasteiger charge is -2.29. The van der Waals surface area contributed by atoms with Crippen LogP contribution in [0.5, 0.6) is 0 Å². The van der Waals surface area contributed by atoms with E-state index in [0.717, 1.165) is 9.80 Å². The smallest absolute Gasteiger partial charge is 0.327 e. The summed E-state index contributed by atoms with van der Waals surface area (Å²) in [5.74, 6) is -3.49. The van der Waals surface area contributed by atoms with Gasteiger partial charge in [-0.1, -0.05) is 0 Å². The molecule has 0 radical (unpaired) electrons. The number of carboxylic acids is 2. The highest BCUT2D eigenvalue weighted by Gasteiger charge is 2.56. The minimum Gasteiger partial charge on any atom is -0.481 e. The van der Waals surface area contributed by atoms with Gasteiger partial charge in [-0.15, -0.1) is 0 Å². The summed E-state index contributed by atoms with van der Waals surface area (Å²) in [6.07, 6.45) is -1.46. The third-order valence-electron chi connectivity index (χ3n) is 2.81.